The predicted octanol–water partition coefficient (Wildman–Crippen LogP) is 5.66. The van der Waals surface area contributed by atoms with Gasteiger partial charge < -0.3 is 10.6 Å². The third kappa shape index (κ3) is 5.65. The van der Waals surface area contributed by atoms with E-state index in [0.717, 1.165) is 23.4 Å². The summed E-state index contributed by atoms with van der Waals surface area (Å²) >= 11 is 0. The largest absolute Gasteiger partial charge is 0.340 e. The van der Waals surface area contributed by atoms with Gasteiger partial charge in [0.15, 0.2) is 11.6 Å². The third-order valence-electron chi connectivity index (χ3n) is 4.77. The minimum absolute atomic E-state index is 0.260. The first-order valence-corrected chi connectivity index (χ1v) is 11.7. The van der Waals surface area contributed by atoms with E-state index in [1.54, 1.807) is 37.3 Å². The van der Waals surface area contributed by atoms with Gasteiger partial charge in [0.25, 0.3) is 10.0 Å². The molecule has 1 aromatic heterocycles. The van der Waals surface area contributed by atoms with Crippen molar-refractivity contribution in [2.75, 3.05) is 15.4 Å². The van der Waals surface area contributed by atoms with E-state index in [1.807, 2.05) is 31.2 Å². The zero-order chi connectivity index (χ0) is 24.3. The van der Waals surface area contributed by atoms with Crippen molar-refractivity contribution in [2.45, 2.75) is 18.7 Å². The fourth-order valence-corrected chi connectivity index (χ4v) is 4.18. The molecule has 174 valence electrons. The number of rotatable bonds is 7. The fraction of sp³-hybridized carbons (Fsp3) is 0.0833. The van der Waals surface area contributed by atoms with Crippen molar-refractivity contribution in [2.24, 2.45) is 0 Å². The van der Waals surface area contributed by atoms with E-state index in [0.29, 0.717) is 29.2 Å². The lowest BCUT2D eigenvalue weighted by atomic mass is 10.2. The van der Waals surface area contributed by atoms with Crippen LogP contribution in [-0.4, -0.2) is 18.4 Å². The summed E-state index contributed by atoms with van der Waals surface area (Å²) in [5.74, 6) is -0.618. The highest BCUT2D eigenvalue weighted by molar-refractivity contribution is 7.92. The Morgan fingerprint density at radius 1 is 0.676 bits per heavy atom. The van der Waals surface area contributed by atoms with Gasteiger partial charge in [-0.2, -0.15) is 0 Å². The van der Waals surface area contributed by atoms with E-state index in [2.05, 4.69) is 25.3 Å². The van der Waals surface area contributed by atoms with Crippen LogP contribution < -0.4 is 15.4 Å². The second-order valence-electron chi connectivity index (χ2n) is 7.56. The molecule has 0 aliphatic carbocycles. The Balaban J connectivity index is 1.46. The first-order chi connectivity index (χ1) is 16.2. The lowest BCUT2D eigenvalue weighted by Crippen LogP contribution is -2.13. The minimum atomic E-state index is -4.07. The van der Waals surface area contributed by atoms with Gasteiger partial charge in [-0.1, -0.05) is 17.7 Å². The Morgan fingerprint density at radius 2 is 1.21 bits per heavy atom. The molecule has 0 spiro atoms. The summed E-state index contributed by atoms with van der Waals surface area (Å²) < 4.78 is 53.7. The number of aryl methyl sites for hydroxylation is 2. The fourth-order valence-electron chi connectivity index (χ4n) is 3.11. The van der Waals surface area contributed by atoms with Crippen LogP contribution in [0.2, 0.25) is 0 Å². The maximum Gasteiger partial charge on any atom is 0.261 e. The summed E-state index contributed by atoms with van der Waals surface area (Å²) in [7, 11) is -4.07. The van der Waals surface area contributed by atoms with Crippen LogP contribution in [0.25, 0.3) is 0 Å². The Labute approximate surface area is 196 Å². The van der Waals surface area contributed by atoms with Gasteiger partial charge in [0.1, 0.15) is 17.5 Å². The Kier molecular flexibility index (Phi) is 6.42. The van der Waals surface area contributed by atoms with Crippen molar-refractivity contribution in [1.82, 2.24) is 9.97 Å². The highest BCUT2D eigenvalue weighted by Gasteiger charge is 2.16. The average molecular weight is 482 g/mol. The second kappa shape index (κ2) is 9.44. The maximum atomic E-state index is 13.4. The summed E-state index contributed by atoms with van der Waals surface area (Å²) in [5.41, 5.74) is 2.97. The van der Waals surface area contributed by atoms with Crippen LogP contribution >= 0.6 is 0 Å². The molecule has 0 atom stereocenters. The molecule has 0 aliphatic rings. The standard InChI is InChI=1S/C24H21F2N5O2S/c1-15-3-5-17(6-4-15)29-23-14-24(28-16(2)27-23)30-18-7-9-19(10-8-18)31-34(32,33)20-11-12-21(25)22(26)13-20/h3-14,31H,1-2H3,(H2,27,28,29,30). The summed E-state index contributed by atoms with van der Waals surface area (Å²) in [6, 6.07) is 18.5. The van der Waals surface area contributed by atoms with Gasteiger partial charge in [0, 0.05) is 23.1 Å². The number of aromatic nitrogens is 2. The molecule has 3 N–H and O–H groups in total. The van der Waals surface area contributed by atoms with Crippen molar-refractivity contribution in [3.63, 3.8) is 0 Å². The number of anilines is 5. The van der Waals surface area contributed by atoms with Gasteiger partial charge in [-0.25, -0.2) is 27.2 Å². The molecule has 0 saturated carbocycles. The molecular formula is C24H21F2N5O2S. The number of nitrogens with one attached hydrogen (secondary N) is 3. The summed E-state index contributed by atoms with van der Waals surface area (Å²) in [6.07, 6.45) is 0. The first-order valence-electron chi connectivity index (χ1n) is 10.2. The quantitative estimate of drug-likeness (QED) is 0.315. The van der Waals surface area contributed by atoms with E-state index in [-0.39, 0.29) is 10.6 Å². The predicted molar refractivity (Wildman–Crippen MR) is 128 cm³/mol. The van der Waals surface area contributed by atoms with Gasteiger partial charge in [-0.05, 0) is 68.4 Å². The number of nitrogens with zero attached hydrogens (tertiary/aromatic N) is 2. The number of sulfonamides is 1. The van der Waals surface area contributed by atoms with Gasteiger partial charge in [0.05, 0.1) is 4.90 Å². The monoisotopic (exact) mass is 481 g/mol. The molecular weight excluding hydrogens is 460 g/mol. The Morgan fingerprint density at radius 3 is 1.76 bits per heavy atom. The molecule has 0 saturated heterocycles. The SMILES string of the molecule is Cc1ccc(Nc2cc(Nc3ccc(NS(=O)(=O)c4ccc(F)c(F)c4)cc3)nc(C)n2)cc1. The zero-order valence-electron chi connectivity index (χ0n) is 18.3. The van der Waals surface area contributed by atoms with Crippen LogP contribution in [0.1, 0.15) is 11.4 Å². The van der Waals surface area contributed by atoms with Crippen LogP contribution in [0.4, 0.5) is 37.5 Å². The molecule has 4 rings (SSSR count). The molecule has 34 heavy (non-hydrogen) atoms. The van der Waals surface area contributed by atoms with Crippen LogP contribution in [-0.2, 0) is 10.0 Å². The van der Waals surface area contributed by atoms with Crippen LogP contribution in [0.15, 0.2) is 77.7 Å². The van der Waals surface area contributed by atoms with Crippen LogP contribution in [0.5, 0.6) is 0 Å². The summed E-state index contributed by atoms with van der Waals surface area (Å²) in [6.45, 7) is 3.79. The third-order valence-corrected chi connectivity index (χ3v) is 6.15. The summed E-state index contributed by atoms with van der Waals surface area (Å²) in [5, 5.41) is 6.39. The van der Waals surface area contributed by atoms with Crippen LogP contribution in [0.3, 0.4) is 0 Å². The molecule has 0 bridgehead atoms. The van der Waals surface area contributed by atoms with Crippen molar-refractivity contribution in [1.29, 1.82) is 0 Å². The van der Waals surface area contributed by atoms with Crippen molar-refractivity contribution < 1.29 is 17.2 Å². The maximum absolute atomic E-state index is 13.4. The van der Waals surface area contributed by atoms with E-state index < -0.39 is 21.7 Å². The molecule has 0 fully saturated rings. The molecule has 10 heteroatoms. The molecule has 0 amide bonds. The second-order valence-corrected chi connectivity index (χ2v) is 9.24. The molecule has 4 aromatic rings. The van der Waals surface area contributed by atoms with Gasteiger partial charge in [-0.3, -0.25) is 4.72 Å². The van der Waals surface area contributed by atoms with E-state index >= 15 is 0 Å². The number of halogens is 2. The van der Waals surface area contributed by atoms with Crippen molar-refractivity contribution in [3.05, 3.63) is 95.8 Å². The highest BCUT2D eigenvalue weighted by atomic mass is 32.2. The minimum Gasteiger partial charge on any atom is -0.340 e. The van der Waals surface area contributed by atoms with Gasteiger partial charge in [-0.15, -0.1) is 0 Å². The smallest absolute Gasteiger partial charge is 0.261 e. The number of benzene rings is 3. The van der Waals surface area contributed by atoms with E-state index in [4.69, 9.17) is 0 Å². The molecule has 0 radical (unpaired) electrons. The average Bonchev–Trinajstić information content (AvgIpc) is 2.78. The zero-order valence-corrected chi connectivity index (χ0v) is 19.1. The molecule has 0 aliphatic heterocycles. The summed E-state index contributed by atoms with van der Waals surface area (Å²) in [4.78, 5) is 8.40. The van der Waals surface area contributed by atoms with Crippen molar-refractivity contribution >= 4 is 38.7 Å². The highest BCUT2D eigenvalue weighted by Crippen LogP contribution is 2.23. The molecule has 0 unspecified atom stereocenters. The Bertz CT molecular complexity index is 1430. The van der Waals surface area contributed by atoms with E-state index in [1.165, 1.54) is 0 Å². The number of hydrogen-bond donors (Lipinski definition) is 3. The van der Waals surface area contributed by atoms with Gasteiger partial charge >= 0.3 is 0 Å². The lowest BCUT2D eigenvalue weighted by molar-refractivity contribution is 0.504. The van der Waals surface area contributed by atoms with Crippen LogP contribution in [0, 0.1) is 25.5 Å². The normalized spacial score (nSPS) is 11.2. The Hall–Kier alpha value is -4.05. The topological polar surface area (TPSA) is 96.0 Å². The first kappa shape index (κ1) is 23.1. The molecule has 1 heterocycles. The van der Waals surface area contributed by atoms with Gasteiger partial charge in [0.2, 0.25) is 0 Å². The van der Waals surface area contributed by atoms with E-state index in [9.17, 15) is 17.2 Å². The lowest BCUT2D eigenvalue weighted by Gasteiger charge is -2.12. The van der Waals surface area contributed by atoms with Crippen molar-refractivity contribution in [3.8, 4) is 0 Å². The number of hydrogen-bond acceptors (Lipinski definition) is 6. The molecule has 7 nitrogen and oxygen atoms in total. The molecule has 3 aromatic carbocycles.